The van der Waals surface area contributed by atoms with E-state index < -0.39 is 5.97 Å². The number of anilines is 1. The molecule has 0 atom stereocenters. The molecule has 5 nitrogen and oxygen atoms in total. The minimum absolute atomic E-state index is 0.0997. The first kappa shape index (κ1) is 15.0. The molecule has 1 aliphatic heterocycles. The third-order valence-corrected chi connectivity index (χ3v) is 3.83. The molecule has 6 heteroatoms. The molecule has 1 aliphatic rings. The maximum atomic E-state index is 11.9. The van der Waals surface area contributed by atoms with Crippen LogP contribution < -0.4 is 5.32 Å². The second-order valence-corrected chi connectivity index (χ2v) is 5.76. The van der Waals surface area contributed by atoms with Crippen LogP contribution in [-0.4, -0.2) is 41.5 Å². The molecule has 0 radical (unpaired) electrons. The number of halogens is 1. The van der Waals surface area contributed by atoms with E-state index in [2.05, 4.69) is 26.1 Å². The zero-order chi connectivity index (χ0) is 14.5. The fraction of sp³-hybridized carbons (Fsp3) is 0.429. The van der Waals surface area contributed by atoms with Crippen LogP contribution in [0.5, 0.6) is 0 Å². The highest BCUT2D eigenvalue weighted by atomic mass is 79.9. The SMILES string of the molecule is O=C(CCN1CCCC1)Nc1cc(Br)ccc1C(=O)O. The Bertz CT molecular complexity index is 513. The van der Waals surface area contributed by atoms with Gasteiger partial charge in [-0.25, -0.2) is 4.79 Å². The molecule has 1 saturated heterocycles. The number of carbonyl (C=O) groups is 2. The zero-order valence-electron chi connectivity index (χ0n) is 11.1. The maximum absolute atomic E-state index is 11.9. The molecule has 1 fully saturated rings. The Morgan fingerprint density at radius 3 is 2.65 bits per heavy atom. The van der Waals surface area contributed by atoms with Gasteiger partial charge in [0, 0.05) is 17.4 Å². The smallest absolute Gasteiger partial charge is 0.337 e. The molecule has 0 bridgehead atoms. The fourth-order valence-corrected chi connectivity index (χ4v) is 2.65. The Hall–Kier alpha value is -1.40. The van der Waals surface area contributed by atoms with Crippen LogP contribution in [0.15, 0.2) is 22.7 Å². The molecule has 1 aromatic carbocycles. The summed E-state index contributed by atoms with van der Waals surface area (Å²) in [6.45, 7) is 2.82. The number of benzene rings is 1. The molecular formula is C14H17BrN2O3. The average Bonchev–Trinajstić information content (AvgIpc) is 2.89. The summed E-state index contributed by atoms with van der Waals surface area (Å²) >= 11 is 3.28. The van der Waals surface area contributed by atoms with E-state index in [1.807, 2.05) is 0 Å². The van der Waals surface area contributed by atoms with Crippen LogP contribution in [0, 0.1) is 0 Å². The van der Waals surface area contributed by atoms with E-state index in [0.717, 1.165) is 24.1 Å². The van der Waals surface area contributed by atoms with Crippen molar-refractivity contribution in [2.24, 2.45) is 0 Å². The highest BCUT2D eigenvalue weighted by Crippen LogP contribution is 2.22. The third-order valence-electron chi connectivity index (χ3n) is 3.34. The second kappa shape index (κ2) is 6.85. The van der Waals surface area contributed by atoms with Gasteiger partial charge in [-0.1, -0.05) is 15.9 Å². The molecule has 0 aliphatic carbocycles. The van der Waals surface area contributed by atoms with E-state index in [1.165, 1.54) is 18.9 Å². The summed E-state index contributed by atoms with van der Waals surface area (Å²) in [7, 11) is 0. The number of likely N-dealkylation sites (tertiary alicyclic amines) is 1. The standard InChI is InChI=1S/C14H17BrN2O3/c15-10-3-4-11(14(19)20)12(9-10)16-13(18)5-8-17-6-1-2-7-17/h3-4,9H,1-2,5-8H2,(H,16,18)(H,19,20). The molecule has 0 saturated carbocycles. The molecule has 0 spiro atoms. The first-order valence-corrected chi connectivity index (χ1v) is 7.40. The minimum atomic E-state index is -1.05. The van der Waals surface area contributed by atoms with Crippen LogP contribution in [0.2, 0.25) is 0 Å². The van der Waals surface area contributed by atoms with Gasteiger partial charge in [0.05, 0.1) is 11.3 Å². The Morgan fingerprint density at radius 2 is 2.00 bits per heavy atom. The van der Waals surface area contributed by atoms with Crippen molar-refractivity contribution in [2.45, 2.75) is 19.3 Å². The van der Waals surface area contributed by atoms with Crippen molar-refractivity contribution in [1.29, 1.82) is 0 Å². The quantitative estimate of drug-likeness (QED) is 0.864. The number of nitrogens with one attached hydrogen (secondary N) is 1. The topological polar surface area (TPSA) is 69.6 Å². The third kappa shape index (κ3) is 4.05. The monoisotopic (exact) mass is 340 g/mol. The lowest BCUT2D eigenvalue weighted by Crippen LogP contribution is -2.25. The summed E-state index contributed by atoms with van der Waals surface area (Å²) < 4.78 is 0.734. The van der Waals surface area contributed by atoms with Gasteiger partial charge >= 0.3 is 5.97 Å². The van der Waals surface area contributed by atoms with Gasteiger partial charge in [0.1, 0.15) is 0 Å². The number of nitrogens with zero attached hydrogens (tertiary/aromatic N) is 1. The predicted molar refractivity (Wildman–Crippen MR) is 80.0 cm³/mol. The number of amides is 1. The lowest BCUT2D eigenvalue weighted by atomic mass is 10.1. The van der Waals surface area contributed by atoms with Crippen molar-refractivity contribution in [3.8, 4) is 0 Å². The van der Waals surface area contributed by atoms with E-state index in [1.54, 1.807) is 12.1 Å². The van der Waals surface area contributed by atoms with E-state index in [-0.39, 0.29) is 11.5 Å². The number of carboxylic acid groups (broad SMARTS) is 1. The number of rotatable bonds is 5. The van der Waals surface area contributed by atoms with E-state index in [0.29, 0.717) is 12.1 Å². The number of aromatic carboxylic acids is 1. The van der Waals surface area contributed by atoms with Crippen molar-refractivity contribution in [3.05, 3.63) is 28.2 Å². The largest absolute Gasteiger partial charge is 0.478 e. The first-order chi connectivity index (χ1) is 9.56. The number of hydrogen-bond acceptors (Lipinski definition) is 3. The molecule has 108 valence electrons. The Kier molecular flexibility index (Phi) is 5.14. The maximum Gasteiger partial charge on any atom is 0.337 e. The molecule has 1 aromatic rings. The van der Waals surface area contributed by atoms with E-state index >= 15 is 0 Å². The van der Waals surface area contributed by atoms with Gasteiger partial charge in [0.15, 0.2) is 0 Å². The summed E-state index contributed by atoms with van der Waals surface area (Å²) in [4.78, 5) is 25.3. The highest BCUT2D eigenvalue weighted by Gasteiger charge is 2.15. The Morgan fingerprint density at radius 1 is 1.30 bits per heavy atom. The van der Waals surface area contributed by atoms with Crippen LogP contribution >= 0.6 is 15.9 Å². The number of hydrogen-bond donors (Lipinski definition) is 2. The highest BCUT2D eigenvalue weighted by molar-refractivity contribution is 9.10. The summed E-state index contributed by atoms with van der Waals surface area (Å²) in [5, 5.41) is 11.8. The van der Waals surface area contributed by atoms with Crippen LogP contribution in [0.25, 0.3) is 0 Å². The lowest BCUT2D eigenvalue weighted by molar-refractivity contribution is -0.116. The zero-order valence-corrected chi connectivity index (χ0v) is 12.6. The minimum Gasteiger partial charge on any atom is -0.478 e. The Balaban J connectivity index is 1.96. The molecule has 0 unspecified atom stereocenters. The van der Waals surface area contributed by atoms with Crippen molar-refractivity contribution in [1.82, 2.24) is 4.90 Å². The lowest BCUT2D eigenvalue weighted by Gasteiger charge is -2.14. The summed E-state index contributed by atoms with van der Waals surface area (Å²) in [5.41, 5.74) is 0.431. The van der Waals surface area contributed by atoms with E-state index in [4.69, 9.17) is 5.11 Å². The van der Waals surface area contributed by atoms with Gasteiger partial charge < -0.3 is 15.3 Å². The molecular weight excluding hydrogens is 324 g/mol. The van der Waals surface area contributed by atoms with Gasteiger partial charge in [0.25, 0.3) is 0 Å². The van der Waals surface area contributed by atoms with Gasteiger partial charge in [-0.15, -0.1) is 0 Å². The predicted octanol–water partition coefficient (Wildman–Crippen LogP) is 2.57. The van der Waals surface area contributed by atoms with Crippen LogP contribution in [0.1, 0.15) is 29.6 Å². The van der Waals surface area contributed by atoms with Gasteiger partial charge in [-0.3, -0.25) is 4.79 Å². The van der Waals surface area contributed by atoms with E-state index in [9.17, 15) is 9.59 Å². The number of carbonyl (C=O) groups excluding carboxylic acids is 1. The average molecular weight is 341 g/mol. The molecule has 0 aromatic heterocycles. The van der Waals surface area contributed by atoms with Crippen LogP contribution in [0.3, 0.4) is 0 Å². The van der Waals surface area contributed by atoms with Crippen LogP contribution in [0.4, 0.5) is 5.69 Å². The molecule has 1 amide bonds. The fourth-order valence-electron chi connectivity index (χ4n) is 2.28. The molecule has 2 N–H and O–H groups in total. The van der Waals surface area contributed by atoms with Gasteiger partial charge in [0.2, 0.25) is 5.91 Å². The molecule has 2 rings (SSSR count). The van der Waals surface area contributed by atoms with Crippen molar-refractivity contribution in [2.75, 3.05) is 25.0 Å². The van der Waals surface area contributed by atoms with Crippen molar-refractivity contribution < 1.29 is 14.7 Å². The number of carboxylic acids is 1. The molecule has 1 heterocycles. The van der Waals surface area contributed by atoms with Gasteiger partial charge in [-0.05, 0) is 44.1 Å². The summed E-state index contributed by atoms with van der Waals surface area (Å²) in [6.07, 6.45) is 2.76. The molecule has 20 heavy (non-hydrogen) atoms. The summed E-state index contributed by atoms with van der Waals surface area (Å²) in [5.74, 6) is -1.20. The van der Waals surface area contributed by atoms with Gasteiger partial charge in [-0.2, -0.15) is 0 Å². The second-order valence-electron chi connectivity index (χ2n) is 4.84. The normalized spacial score (nSPS) is 15.2. The first-order valence-electron chi connectivity index (χ1n) is 6.61. The van der Waals surface area contributed by atoms with Crippen molar-refractivity contribution in [3.63, 3.8) is 0 Å². The van der Waals surface area contributed by atoms with Crippen molar-refractivity contribution >= 4 is 33.5 Å². The Labute approximate surface area is 126 Å². The van der Waals surface area contributed by atoms with Crippen LogP contribution in [-0.2, 0) is 4.79 Å². The summed E-state index contributed by atoms with van der Waals surface area (Å²) in [6, 6.07) is 4.73.